The molecule has 0 radical (unpaired) electrons. The van der Waals surface area contributed by atoms with Gasteiger partial charge >= 0.3 is 5.97 Å². The minimum absolute atomic E-state index is 0.0798. The monoisotopic (exact) mass is 456 g/mol. The number of carbonyl (C=O) groups is 1. The van der Waals surface area contributed by atoms with E-state index in [2.05, 4.69) is 34.7 Å². The van der Waals surface area contributed by atoms with Crippen molar-refractivity contribution >= 4 is 23.4 Å². The van der Waals surface area contributed by atoms with Gasteiger partial charge in [-0.2, -0.15) is 11.3 Å². The van der Waals surface area contributed by atoms with Gasteiger partial charge in [0.1, 0.15) is 12.4 Å². The molecule has 33 heavy (non-hydrogen) atoms. The molecule has 0 bridgehead atoms. The van der Waals surface area contributed by atoms with Crippen LogP contribution in [0.1, 0.15) is 38.3 Å². The van der Waals surface area contributed by atoms with E-state index in [1.54, 1.807) is 29.6 Å². The van der Waals surface area contributed by atoms with Gasteiger partial charge in [-0.1, -0.05) is 48.2 Å². The largest absolute Gasteiger partial charge is 0.489 e. The second-order valence-corrected chi connectivity index (χ2v) is 9.45. The summed E-state index contributed by atoms with van der Waals surface area (Å²) < 4.78 is 6.00. The molecular weight excluding hydrogens is 428 g/mol. The maximum Gasteiger partial charge on any atom is 0.331 e. The van der Waals surface area contributed by atoms with Crippen LogP contribution in [0.2, 0.25) is 0 Å². The Hall–Kier alpha value is -3.55. The number of benzene rings is 2. The molecule has 1 heterocycles. The summed E-state index contributed by atoms with van der Waals surface area (Å²) in [6.07, 6.45) is 5.51. The van der Waals surface area contributed by atoms with Crippen LogP contribution in [0, 0.1) is 17.3 Å². The molecule has 3 rings (SSSR count). The van der Waals surface area contributed by atoms with Crippen molar-refractivity contribution in [2.75, 3.05) is 0 Å². The van der Waals surface area contributed by atoms with E-state index in [4.69, 9.17) is 4.74 Å². The van der Waals surface area contributed by atoms with Crippen LogP contribution in [0.5, 0.6) is 5.75 Å². The van der Waals surface area contributed by atoms with E-state index in [9.17, 15) is 9.90 Å². The van der Waals surface area contributed by atoms with Gasteiger partial charge in [0, 0.05) is 11.0 Å². The van der Waals surface area contributed by atoms with Gasteiger partial charge < -0.3 is 9.84 Å². The molecule has 0 saturated heterocycles. The van der Waals surface area contributed by atoms with E-state index in [0.29, 0.717) is 18.6 Å². The van der Waals surface area contributed by atoms with Crippen LogP contribution < -0.4 is 4.74 Å². The molecule has 0 fully saturated rings. The quantitative estimate of drug-likeness (QED) is 0.283. The minimum atomic E-state index is -0.935. The zero-order valence-corrected chi connectivity index (χ0v) is 20.0. The molecule has 0 unspecified atom stereocenters. The number of hydrogen-bond acceptors (Lipinski definition) is 3. The van der Waals surface area contributed by atoms with Gasteiger partial charge in [-0.05, 0) is 96.6 Å². The van der Waals surface area contributed by atoms with Crippen molar-refractivity contribution in [3.8, 4) is 28.7 Å². The second kappa shape index (κ2) is 11.4. The highest BCUT2D eigenvalue weighted by molar-refractivity contribution is 7.08. The molecule has 1 N–H and O–H groups in total. The number of ether oxygens (including phenoxy) is 1. The van der Waals surface area contributed by atoms with Crippen molar-refractivity contribution in [1.82, 2.24) is 0 Å². The van der Waals surface area contributed by atoms with Crippen molar-refractivity contribution in [2.24, 2.45) is 5.41 Å². The topological polar surface area (TPSA) is 46.5 Å². The molecule has 0 atom stereocenters. The lowest BCUT2D eigenvalue weighted by molar-refractivity contribution is -0.132. The Kier molecular flexibility index (Phi) is 8.29. The van der Waals surface area contributed by atoms with E-state index >= 15 is 0 Å². The van der Waals surface area contributed by atoms with Gasteiger partial charge in [0.2, 0.25) is 0 Å². The number of carboxylic acid groups (broad SMARTS) is 1. The van der Waals surface area contributed by atoms with Crippen LogP contribution in [0.4, 0.5) is 0 Å². The first-order valence-corrected chi connectivity index (χ1v) is 11.7. The first kappa shape index (κ1) is 24.1. The van der Waals surface area contributed by atoms with Crippen LogP contribution in [-0.4, -0.2) is 11.1 Å². The summed E-state index contributed by atoms with van der Waals surface area (Å²) in [4.78, 5) is 11.7. The number of aliphatic carboxylic acids is 1. The third-order valence-corrected chi connectivity index (χ3v) is 5.33. The summed E-state index contributed by atoms with van der Waals surface area (Å²) in [6.45, 7) is 6.51. The van der Waals surface area contributed by atoms with Crippen LogP contribution in [-0.2, 0) is 11.4 Å². The fourth-order valence-electron chi connectivity index (χ4n) is 3.05. The molecule has 1 aromatic heterocycles. The maximum absolute atomic E-state index is 11.7. The molecule has 2 aromatic carbocycles. The van der Waals surface area contributed by atoms with Crippen molar-refractivity contribution < 1.29 is 14.6 Å². The molecule has 0 saturated carbocycles. The first-order valence-electron chi connectivity index (χ1n) is 10.8. The van der Waals surface area contributed by atoms with E-state index in [0.717, 1.165) is 22.4 Å². The number of rotatable bonds is 8. The van der Waals surface area contributed by atoms with Crippen molar-refractivity contribution in [1.29, 1.82) is 0 Å². The summed E-state index contributed by atoms with van der Waals surface area (Å²) in [5, 5.41) is 13.8. The normalized spacial score (nSPS) is 11.8. The Morgan fingerprint density at radius 2 is 1.91 bits per heavy atom. The Morgan fingerprint density at radius 3 is 2.64 bits per heavy atom. The molecule has 0 aliphatic heterocycles. The van der Waals surface area contributed by atoms with Gasteiger partial charge in [0.25, 0.3) is 0 Å². The second-order valence-electron chi connectivity index (χ2n) is 8.67. The molecule has 0 aliphatic carbocycles. The zero-order chi connectivity index (χ0) is 23.7. The highest BCUT2D eigenvalue weighted by Gasteiger charge is 2.07. The number of thiophene rings is 1. The summed E-state index contributed by atoms with van der Waals surface area (Å²) in [5.74, 6) is 5.94. The van der Waals surface area contributed by atoms with Gasteiger partial charge in [-0.25, -0.2) is 4.79 Å². The van der Waals surface area contributed by atoms with E-state index < -0.39 is 5.97 Å². The fraction of sp³-hybridized carbons (Fsp3) is 0.207. The Bertz CT molecular complexity index is 1200. The number of carboxylic acids is 1. The van der Waals surface area contributed by atoms with Crippen molar-refractivity contribution in [2.45, 2.75) is 33.8 Å². The SMILES string of the molecule is CC(C)(C)C#C/C=C/C/C(=C\c1cccc(COc2cccc(-c3ccsc3)c2)c1)C(=O)O. The lowest BCUT2D eigenvalue weighted by Gasteiger charge is -2.09. The third kappa shape index (κ3) is 8.14. The molecule has 168 valence electrons. The lowest BCUT2D eigenvalue weighted by atomic mass is 9.98. The summed E-state index contributed by atoms with van der Waals surface area (Å²) in [7, 11) is 0. The fourth-order valence-corrected chi connectivity index (χ4v) is 3.71. The minimum Gasteiger partial charge on any atom is -0.489 e. The smallest absolute Gasteiger partial charge is 0.331 e. The zero-order valence-electron chi connectivity index (χ0n) is 19.2. The number of allylic oxidation sites excluding steroid dienone is 2. The van der Waals surface area contributed by atoms with Gasteiger partial charge in [-0.15, -0.1) is 0 Å². The van der Waals surface area contributed by atoms with E-state index in [-0.39, 0.29) is 5.41 Å². The van der Waals surface area contributed by atoms with Gasteiger partial charge in [-0.3, -0.25) is 0 Å². The van der Waals surface area contributed by atoms with Gasteiger partial charge in [0.05, 0.1) is 0 Å². The molecule has 3 nitrogen and oxygen atoms in total. The Labute approximate surface area is 200 Å². The highest BCUT2D eigenvalue weighted by atomic mass is 32.1. The number of hydrogen-bond donors (Lipinski definition) is 1. The summed E-state index contributed by atoms with van der Waals surface area (Å²) in [5.41, 5.74) is 4.33. The van der Waals surface area contributed by atoms with E-state index in [1.165, 1.54) is 5.56 Å². The standard InChI is InChI=1S/C29H28O3S/c1-29(2,3)15-6-4-5-11-25(28(30)31)18-22-9-7-10-23(17-22)20-32-27-13-8-12-24(19-27)26-14-16-33-21-26/h4-5,7-10,12-14,16-19,21H,11,20H2,1-3H3,(H,30,31)/b5-4+,25-18+. The average Bonchev–Trinajstić information content (AvgIpc) is 3.31. The third-order valence-electron chi connectivity index (χ3n) is 4.65. The summed E-state index contributed by atoms with van der Waals surface area (Å²) >= 11 is 1.67. The van der Waals surface area contributed by atoms with E-state index in [1.807, 2.05) is 63.2 Å². The predicted molar refractivity (Wildman–Crippen MR) is 137 cm³/mol. The van der Waals surface area contributed by atoms with Crippen LogP contribution >= 0.6 is 11.3 Å². The molecular formula is C29H28O3S. The molecule has 3 aromatic rings. The van der Waals surface area contributed by atoms with Gasteiger partial charge in [0.15, 0.2) is 0 Å². The average molecular weight is 457 g/mol. The highest BCUT2D eigenvalue weighted by Crippen LogP contribution is 2.26. The van der Waals surface area contributed by atoms with Crippen molar-refractivity contribution in [3.63, 3.8) is 0 Å². The first-order chi connectivity index (χ1) is 15.8. The Morgan fingerprint density at radius 1 is 1.09 bits per heavy atom. The molecule has 0 aliphatic rings. The van der Waals surface area contributed by atoms with Crippen LogP contribution in [0.15, 0.2) is 83.1 Å². The van der Waals surface area contributed by atoms with Crippen LogP contribution in [0.25, 0.3) is 17.2 Å². The van der Waals surface area contributed by atoms with Crippen molar-refractivity contribution in [3.05, 3.63) is 94.2 Å². The summed E-state index contributed by atoms with van der Waals surface area (Å²) in [6, 6.07) is 17.9. The molecule has 0 spiro atoms. The molecule has 0 amide bonds. The van der Waals surface area contributed by atoms with Crippen LogP contribution in [0.3, 0.4) is 0 Å². The lowest BCUT2D eigenvalue weighted by Crippen LogP contribution is -2.00. The maximum atomic E-state index is 11.7. The Balaban J connectivity index is 1.67. The molecule has 4 heteroatoms. The predicted octanol–water partition coefficient (Wildman–Crippen LogP) is 7.46.